The van der Waals surface area contributed by atoms with Crippen molar-refractivity contribution in [1.29, 1.82) is 0 Å². The molecule has 0 heterocycles. The first-order valence-corrected chi connectivity index (χ1v) is 9.53. The number of hydrogen-bond acceptors (Lipinski definition) is 1. The first-order chi connectivity index (χ1) is 10.8. The minimum absolute atomic E-state index is 0.781. The molecular formula is C21H26S. The summed E-state index contributed by atoms with van der Waals surface area (Å²) in [6.45, 7) is 2.25. The minimum Gasteiger partial charge on any atom is -0.123 e. The fourth-order valence-electron chi connectivity index (χ4n) is 3.45. The van der Waals surface area contributed by atoms with Crippen molar-refractivity contribution in [1.82, 2.24) is 0 Å². The number of thioether (sulfide) groups is 1. The van der Waals surface area contributed by atoms with E-state index in [1.807, 2.05) is 0 Å². The SMILES string of the molecule is CCCc1ccc(C2CCC(Sc3ccccc3)CC2)cc1. The number of hydrogen-bond donors (Lipinski definition) is 0. The van der Waals surface area contributed by atoms with Gasteiger partial charge in [-0.05, 0) is 61.3 Å². The molecule has 0 spiro atoms. The Morgan fingerprint density at radius 2 is 1.55 bits per heavy atom. The third kappa shape index (κ3) is 4.16. The Morgan fingerprint density at radius 3 is 2.18 bits per heavy atom. The van der Waals surface area contributed by atoms with Gasteiger partial charge in [-0.15, -0.1) is 11.8 Å². The summed E-state index contributed by atoms with van der Waals surface area (Å²) in [5, 5.41) is 0.804. The topological polar surface area (TPSA) is 0 Å². The van der Waals surface area contributed by atoms with E-state index in [0.29, 0.717) is 0 Å². The summed E-state index contributed by atoms with van der Waals surface area (Å²) in [6.07, 6.45) is 7.83. The Labute approximate surface area is 139 Å². The predicted octanol–water partition coefficient (Wildman–Crippen LogP) is 6.46. The highest BCUT2D eigenvalue weighted by atomic mass is 32.2. The van der Waals surface area contributed by atoms with Crippen LogP contribution >= 0.6 is 11.8 Å². The van der Waals surface area contributed by atoms with E-state index >= 15 is 0 Å². The van der Waals surface area contributed by atoms with E-state index in [1.165, 1.54) is 49.0 Å². The van der Waals surface area contributed by atoms with Crippen LogP contribution in [0.25, 0.3) is 0 Å². The van der Waals surface area contributed by atoms with Crippen molar-refractivity contribution < 1.29 is 0 Å². The molecule has 0 saturated heterocycles. The second-order valence-electron chi connectivity index (χ2n) is 6.40. The van der Waals surface area contributed by atoms with Gasteiger partial charge >= 0.3 is 0 Å². The lowest BCUT2D eigenvalue weighted by atomic mass is 9.83. The standard InChI is InChI=1S/C21H26S/c1-2-6-17-9-11-18(12-10-17)19-13-15-21(16-14-19)22-20-7-4-3-5-8-20/h3-5,7-12,19,21H,2,6,13-16H2,1H3. The van der Waals surface area contributed by atoms with Crippen LogP contribution in [-0.2, 0) is 6.42 Å². The summed E-state index contributed by atoms with van der Waals surface area (Å²) in [5.74, 6) is 0.781. The van der Waals surface area contributed by atoms with Gasteiger partial charge < -0.3 is 0 Å². The molecule has 1 aliphatic carbocycles. The van der Waals surface area contributed by atoms with Crippen molar-refractivity contribution in [3.8, 4) is 0 Å². The molecule has 0 radical (unpaired) electrons. The minimum atomic E-state index is 0.781. The second kappa shape index (κ2) is 7.87. The summed E-state index contributed by atoms with van der Waals surface area (Å²) in [4.78, 5) is 1.43. The molecule has 0 nitrogen and oxygen atoms in total. The fourth-order valence-corrected chi connectivity index (χ4v) is 4.66. The van der Waals surface area contributed by atoms with Crippen molar-refractivity contribution in [2.75, 3.05) is 0 Å². The van der Waals surface area contributed by atoms with Crippen molar-refractivity contribution in [3.05, 3.63) is 65.7 Å². The van der Waals surface area contributed by atoms with E-state index in [2.05, 4.69) is 73.3 Å². The van der Waals surface area contributed by atoms with Crippen molar-refractivity contribution in [2.24, 2.45) is 0 Å². The van der Waals surface area contributed by atoms with E-state index in [9.17, 15) is 0 Å². The highest BCUT2D eigenvalue weighted by Crippen LogP contribution is 2.39. The van der Waals surface area contributed by atoms with Gasteiger partial charge in [0.25, 0.3) is 0 Å². The van der Waals surface area contributed by atoms with Crippen LogP contribution in [0.2, 0.25) is 0 Å². The van der Waals surface area contributed by atoms with Crippen molar-refractivity contribution >= 4 is 11.8 Å². The molecule has 0 N–H and O–H groups in total. The molecule has 116 valence electrons. The van der Waals surface area contributed by atoms with Crippen LogP contribution in [0.3, 0.4) is 0 Å². The zero-order valence-electron chi connectivity index (χ0n) is 13.5. The van der Waals surface area contributed by atoms with Crippen LogP contribution in [0.5, 0.6) is 0 Å². The van der Waals surface area contributed by atoms with Crippen LogP contribution in [0.4, 0.5) is 0 Å². The largest absolute Gasteiger partial charge is 0.123 e. The van der Waals surface area contributed by atoms with Gasteiger partial charge in [0.1, 0.15) is 0 Å². The maximum absolute atomic E-state index is 2.38. The molecule has 1 heteroatoms. The number of aryl methyl sites for hydroxylation is 1. The monoisotopic (exact) mass is 310 g/mol. The molecule has 0 bridgehead atoms. The first-order valence-electron chi connectivity index (χ1n) is 8.65. The van der Waals surface area contributed by atoms with Gasteiger partial charge in [-0.3, -0.25) is 0 Å². The maximum atomic E-state index is 2.38. The second-order valence-corrected chi connectivity index (χ2v) is 7.77. The van der Waals surface area contributed by atoms with Crippen LogP contribution in [0, 0.1) is 0 Å². The van der Waals surface area contributed by atoms with Crippen LogP contribution in [0.1, 0.15) is 56.1 Å². The predicted molar refractivity (Wildman–Crippen MR) is 97.7 cm³/mol. The molecule has 1 fully saturated rings. The zero-order valence-corrected chi connectivity index (χ0v) is 14.3. The van der Waals surface area contributed by atoms with E-state index in [4.69, 9.17) is 0 Å². The molecule has 0 aliphatic heterocycles. The Kier molecular flexibility index (Phi) is 5.61. The normalized spacial score (nSPS) is 21.7. The summed E-state index contributed by atoms with van der Waals surface area (Å²) in [6, 6.07) is 20.3. The molecule has 1 saturated carbocycles. The highest BCUT2D eigenvalue weighted by Gasteiger charge is 2.22. The van der Waals surface area contributed by atoms with Gasteiger partial charge in [0, 0.05) is 10.1 Å². The van der Waals surface area contributed by atoms with Gasteiger partial charge in [-0.25, -0.2) is 0 Å². The molecule has 0 atom stereocenters. The van der Waals surface area contributed by atoms with E-state index in [0.717, 1.165) is 11.2 Å². The lowest BCUT2D eigenvalue weighted by Gasteiger charge is -2.28. The maximum Gasteiger partial charge on any atom is 0.00948 e. The lowest BCUT2D eigenvalue weighted by Crippen LogP contribution is -2.15. The molecular weight excluding hydrogens is 284 g/mol. The van der Waals surface area contributed by atoms with Crippen LogP contribution in [0.15, 0.2) is 59.5 Å². The lowest BCUT2D eigenvalue weighted by molar-refractivity contribution is 0.453. The van der Waals surface area contributed by atoms with Crippen LogP contribution in [-0.4, -0.2) is 5.25 Å². The number of benzene rings is 2. The zero-order chi connectivity index (χ0) is 15.2. The molecule has 1 aliphatic rings. The Morgan fingerprint density at radius 1 is 0.864 bits per heavy atom. The molecule has 2 aromatic carbocycles. The third-order valence-corrected chi connectivity index (χ3v) is 6.06. The van der Waals surface area contributed by atoms with E-state index in [-0.39, 0.29) is 0 Å². The molecule has 0 unspecified atom stereocenters. The summed E-state index contributed by atoms with van der Waals surface area (Å²) < 4.78 is 0. The van der Waals surface area contributed by atoms with Crippen LogP contribution < -0.4 is 0 Å². The Bertz CT molecular complexity index is 550. The highest BCUT2D eigenvalue weighted by molar-refractivity contribution is 8.00. The van der Waals surface area contributed by atoms with Gasteiger partial charge in [0.05, 0.1) is 0 Å². The third-order valence-electron chi connectivity index (χ3n) is 4.71. The smallest absolute Gasteiger partial charge is 0.00948 e. The average Bonchev–Trinajstić information content (AvgIpc) is 2.58. The van der Waals surface area contributed by atoms with Gasteiger partial charge in [-0.2, -0.15) is 0 Å². The van der Waals surface area contributed by atoms with Gasteiger partial charge in [0.15, 0.2) is 0 Å². The summed E-state index contributed by atoms with van der Waals surface area (Å²) in [5.41, 5.74) is 3.04. The summed E-state index contributed by atoms with van der Waals surface area (Å²) in [7, 11) is 0. The van der Waals surface area contributed by atoms with Gasteiger partial charge in [0.2, 0.25) is 0 Å². The van der Waals surface area contributed by atoms with Crippen molar-refractivity contribution in [2.45, 2.75) is 61.5 Å². The van der Waals surface area contributed by atoms with Gasteiger partial charge in [-0.1, -0.05) is 55.8 Å². The quantitative estimate of drug-likeness (QED) is 0.611. The first kappa shape index (κ1) is 15.7. The fraction of sp³-hybridized carbons (Fsp3) is 0.429. The number of rotatable bonds is 5. The Hall–Kier alpha value is -1.21. The van der Waals surface area contributed by atoms with E-state index < -0.39 is 0 Å². The molecule has 0 amide bonds. The molecule has 3 rings (SSSR count). The van der Waals surface area contributed by atoms with Crippen molar-refractivity contribution in [3.63, 3.8) is 0 Å². The summed E-state index contributed by atoms with van der Waals surface area (Å²) >= 11 is 2.07. The van der Waals surface area contributed by atoms with E-state index in [1.54, 1.807) is 5.56 Å². The molecule has 22 heavy (non-hydrogen) atoms. The Balaban J connectivity index is 1.53. The average molecular weight is 311 g/mol. The molecule has 0 aromatic heterocycles. The molecule has 2 aromatic rings.